The number of thioether (sulfide) groups is 1. The number of amides is 1. The lowest BCUT2D eigenvalue weighted by molar-refractivity contribution is -0.113. The smallest absolute Gasteiger partial charge is 0.260 e. The molecule has 1 amide bonds. The zero-order valence-corrected chi connectivity index (χ0v) is 19.0. The van der Waals surface area contributed by atoms with Gasteiger partial charge in [-0.05, 0) is 55.9 Å². The van der Waals surface area contributed by atoms with Gasteiger partial charge in [0.1, 0.15) is 4.83 Å². The van der Waals surface area contributed by atoms with Gasteiger partial charge in [-0.3, -0.25) is 9.59 Å². The normalized spacial score (nSPS) is 16.1. The van der Waals surface area contributed by atoms with E-state index in [0.29, 0.717) is 11.1 Å². The summed E-state index contributed by atoms with van der Waals surface area (Å²) in [6.07, 6.45) is 3.08. The number of aryl methyl sites for hydroxylation is 2. The first kappa shape index (κ1) is 19.7. The average Bonchev–Trinajstić information content (AvgIpc) is 3.24. The fourth-order valence-corrected chi connectivity index (χ4v) is 6.81. The van der Waals surface area contributed by atoms with Gasteiger partial charge in [0.05, 0.1) is 26.4 Å². The van der Waals surface area contributed by atoms with Crippen LogP contribution in [0.25, 0.3) is 20.4 Å². The Morgan fingerprint density at radius 3 is 3.07 bits per heavy atom. The number of hydrogen-bond donors (Lipinski definition) is 2. The van der Waals surface area contributed by atoms with E-state index >= 15 is 0 Å². The molecule has 0 spiro atoms. The predicted octanol–water partition coefficient (Wildman–Crippen LogP) is 4.76. The summed E-state index contributed by atoms with van der Waals surface area (Å²) in [6.45, 7) is 4.22. The minimum absolute atomic E-state index is 0.0963. The van der Waals surface area contributed by atoms with Gasteiger partial charge in [0.15, 0.2) is 5.16 Å². The molecule has 9 heteroatoms. The molecule has 154 valence electrons. The number of carbonyl (C=O) groups excluding carboxylic acids is 1. The Balaban J connectivity index is 1.30. The molecule has 0 radical (unpaired) electrons. The number of carbonyl (C=O) groups is 1. The largest absolute Gasteiger partial charge is 0.325 e. The van der Waals surface area contributed by atoms with Crippen molar-refractivity contribution in [2.24, 2.45) is 5.92 Å². The van der Waals surface area contributed by atoms with Crippen molar-refractivity contribution in [3.63, 3.8) is 0 Å². The summed E-state index contributed by atoms with van der Waals surface area (Å²) in [6, 6.07) is 5.70. The van der Waals surface area contributed by atoms with E-state index in [2.05, 4.69) is 27.2 Å². The van der Waals surface area contributed by atoms with Crippen LogP contribution >= 0.6 is 34.4 Å². The number of anilines is 1. The predicted molar refractivity (Wildman–Crippen MR) is 125 cm³/mol. The number of rotatable bonds is 4. The van der Waals surface area contributed by atoms with Crippen LogP contribution in [0.5, 0.6) is 0 Å². The molecule has 5 rings (SSSR count). The monoisotopic (exact) mass is 456 g/mol. The van der Waals surface area contributed by atoms with E-state index in [1.807, 2.05) is 25.1 Å². The number of hydrogen-bond acceptors (Lipinski definition) is 7. The standard InChI is InChI=1S/C21H20N4O2S3/c1-10-3-5-13-15(7-10)30-20-18(13)19(27)24-21(25-20)28-9-17(26)23-12-4-6-14-16(8-12)29-11(2)22-14/h4,6,8,10H,3,5,7,9H2,1-2H3,(H,23,26)(H,24,25,27). The SMILES string of the molecule is Cc1nc2ccc(NC(=O)CSc3nc4sc5c(c4c(=O)[nH]3)CCC(C)C5)cc2s1. The molecule has 0 saturated heterocycles. The Kier molecular flexibility index (Phi) is 5.12. The molecule has 1 atom stereocenters. The molecule has 4 aromatic rings. The first-order valence-corrected chi connectivity index (χ1v) is 12.4. The van der Waals surface area contributed by atoms with Crippen molar-refractivity contribution in [3.05, 3.63) is 44.0 Å². The Hall–Kier alpha value is -2.23. The van der Waals surface area contributed by atoms with E-state index in [0.717, 1.165) is 50.4 Å². The first-order valence-electron chi connectivity index (χ1n) is 9.80. The highest BCUT2D eigenvalue weighted by molar-refractivity contribution is 7.99. The fraction of sp³-hybridized carbons (Fsp3) is 0.333. The third-order valence-electron chi connectivity index (χ3n) is 5.26. The van der Waals surface area contributed by atoms with Gasteiger partial charge in [-0.1, -0.05) is 18.7 Å². The minimum atomic E-state index is -0.136. The second-order valence-corrected chi connectivity index (χ2v) is 10.9. The van der Waals surface area contributed by atoms with Gasteiger partial charge in [0, 0.05) is 10.6 Å². The third-order valence-corrected chi connectivity index (χ3v) is 8.22. The zero-order chi connectivity index (χ0) is 20.8. The molecule has 1 aliphatic rings. The molecule has 3 aromatic heterocycles. The third kappa shape index (κ3) is 3.77. The minimum Gasteiger partial charge on any atom is -0.325 e. The van der Waals surface area contributed by atoms with Crippen molar-refractivity contribution >= 4 is 66.5 Å². The number of thiophene rings is 1. The summed E-state index contributed by atoms with van der Waals surface area (Å²) in [4.78, 5) is 39.1. The van der Waals surface area contributed by atoms with Crippen molar-refractivity contribution < 1.29 is 4.79 Å². The maximum atomic E-state index is 12.7. The molecular formula is C21H20N4O2S3. The summed E-state index contributed by atoms with van der Waals surface area (Å²) < 4.78 is 1.05. The molecule has 1 aromatic carbocycles. The van der Waals surface area contributed by atoms with Gasteiger partial charge in [-0.15, -0.1) is 22.7 Å². The average molecular weight is 457 g/mol. The maximum Gasteiger partial charge on any atom is 0.260 e. The molecule has 0 fully saturated rings. The van der Waals surface area contributed by atoms with E-state index in [1.54, 1.807) is 22.7 Å². The lowest BCUT2D eigenvalue weighted by Gasteiger charge is -2.17. The number of aromatic nitrogens is 3. The highest BCUT2D eigenvalue weighted by atomic mass is 32.2. The van der Waals surface area contributed by atoms with Crippen LogP contribution in [0.2, 0.25) is 0 Å². The Bertz CT molecular complexity index is 1340. The van der Waals surface area contributed by atoms with Crippen LogP contribution in [-0.2, 0) is 17.6 Å². The molecule has 1 unspecified atom stereocenters. The maximum absolute atomic E-state index is 12.7. The molecular weight excluding hydrogens is 436 g/mol. The van der Waals surface area contributed by atoms with Gasteiger partial charge in [0.25, 0.3) is 5.56 Å². The number of fused-ring (bicyclic) bond motifs is 4. The van der Waals surface area contributed by atoms with Crippen LogP contribution in [0.3, 0.4) is 0 Å². The van der Waals surface area contributed by atoms with E-state index in [4.69, 9.17) is 0 Å². The van der Waals surface area contributed by atoms with Crippen LogP contribution < -0.4 is 10.9 Å². The lowest BCUT2D eigenvalue weighted by atomic mass is 9.89. The van der Waals surface area contributed by atoms with Crippen molar-refractivity contribution in [2.75, 3.05) is 11.1 Å². The highest BCUT2D eigenvalue weighted by Crippen LogP contribution is 2.36. The number of thiazole rings is 1. The second-order valence-electron chi connectivity index (χ2n) is 7.66. The topological polar surface area (TPSA) is 87.7 Å². The lowest BCUT2D eigenvalue weighted by Crippen LogP contribution is -2.16. The Labute approximate surface area is 185 Å². The van der Waals surface area contributed by atoms with Crippen molar-refractivity contribution in [1.82, 2.24) is 15.0 Å². The van der Waals surface area contributed by atoms with Crippen molar-refractivity contribution in [2.45, 2.75) is 38.3 Å². The number of H-pyrrole nitrogens is 1. The van der Waals surface area contributed by atoms with E-state index in [9.17, 15) is 9.59 Å². The summed E-state index contributed by atoms with van der Waals surface area (Å²) in [5, 5.41) is 5.14. The summed E-state index contributed by atoms with van der Waals surface area (Å²) in [5.74, 6) is 0.689. The van der Waals surface area contributed by atoms with E-state index in [1.165, 1.54) is 22.2 Å². The van der Waals surface area contributed by atoms with Crippen LogP contribution in [0.4, 0.5) is 5.69 Å². The van der Waals surface area contributed by atoms with Gasteiger partial charge in [0.2, 0.25) is 5.91 Å². The number of nitrogens with zero attached hydrogens (tertiary/aromatic N) is 2. The molecule has 0 saturated carbocycles. The Morgan fingerprint density at radius 1 is 1.33 bits per heavy atom. The molecule has 6 nitrogen and oxygen atoms in total. The van der Waals surface area contributed by atoms with Gasteiger partial charge >= 0.3 is 0 Å². The fourth-order valence-electron chi connectivity index (χ4n) is 3.85. The first-order chi connectivity index (χ1) is 14.5. The second kappa shape index (κ2) is 7.79. The van der Waals surface area contributed by atoms with Crippen molar-refractivity contribution in [3.8, 4) is 0 Å². The molecule has 30 heavy (non-hydrogen) atoms. The van der Waals surface area contributed by atoms with E-state index in [-0.39, 0.29) is 17.2 Å². The van der Waals surface area contributed by atoms with Crippen LogP contribution in [0, 0.1) is 12.8 Å². The number of benzene rings is 1. The van der Waals surface area contributed by atoms with Gasteiger partial charge in [-0.2, -0.15) is 0 Å². The molecule has 2 N–H and O–H groups in total. The van der Waals surface area contributed by atoms with Crippen LogP contribution in [0.1, 0.15) is 28.8 Å². The number of aromatic amines is 1. The van der Waals surface area contributed by atoms with E-state index < -0.39 is 0 Å². The molecule has 0 bridgehead atoms. The highest BCUT2D eigenvalue weighted by Gasteiger charge is 2.23. The van der Waals surface area contributed by atoms with Gasteiger partial charge < -0.3 is 10.3 Å². The van der Waals surface area contributed by atoms with Gasteiger partial charge in [-0.25, -0.2) is 9.97 Å². The van der Waals surface area contributed by atoms with Crippen LogP contribution in [-0.4, -0.2) is 26.6 Å². The number of nitrogens with one attached hydrogen (secondary N) is 2. The quantitative estimate of drug-likeness (QED) is 0.341. The molecule has 0 aliphatic heterocycles. The summed E-state index contributed by atoms with van der Waals surface area (Å²) in [7, 11) is 0. The Morgan fingerprint density at radius 2 is 2.20 bits per heavy atom. The molecule has 3 heterocycles. The summed E-state index contributed by atoms with van der Waals surface area (Å²) >= 11 is 4.47. The van der Waals surface area contributed by atoms with Crippen molar-refractivity contribution in [1.29, 1.82) is 0 Å². The summed E-state index contributed by atoms with van der Waals surface area (Å²) in [5.41, 5.74) is 2.76. The van der Waals surface area contributed by atoms with Crippen LogP contribution in [0.15, 0.2) is 28.2 Å². The zero-order valence-electron chi connectivity index (χ0n) is 16.6. The molecule has 1 aliphatic carbocycles.